The maximum absolute atomic E-state index is 12.1. The van der Waals surface area contributed by atoms with Crippen molar-refractivity contribution in [3.05, 3.63) is 63.7 Å². The van der Waals surface area contributed by atoms with Crippen LogP contribution in [0.3, 0.4) is 0 Å². The van der Waals surface area contributed by atoms with Crippen molar-refractivity contribution in [3.63, 3.8) is 0 Å². The molecule has 134 valence electrons. The molecule has 0 radical (unpaired) electrons. The predicted octanol–water partition coefficient (Wildman–Crippen LogP) is 2.66. The molecular weight excluding hydrogens is 336 g/mol. The van der Waals surface area contributed by atoms with E-state index in [4.69, 9.17) is 0 Å². The Morgan fingerprint density at radius 3 is 2.54 bits per heavy atom. The number of nitrogens with zero attached hydrogens (tertiary/aromatic N) is 3. The number of nitro groups is 1. The van der Waals surface area contributed by atoms with Gasteiger partial charge < -0.3 is 10.0 Å². The van der Waals surface area contributed by atoms with E-state index in [9.17, 15) is 20.0 Å². The average molecular weight is 354 g/mol. The summed E-state index contributed by atoms with van der Waals surface area (Å²) in [4.78, 5) is 24.5. The Morgan fingerprint density at radius 2 is 1.88 bits per heavy atom. The third-order valence-electron chi connectivity index (χ3n) is 4.21. The van der Waals surface area contributed by atoms with Crippen LogP contribution in [0.1, 0.15) is 28.8 Å². The second kappa shape index (κ2) is 7.64. The highest BCUT2D eigenvalue weighted by molar-refractivity contribution is 5.95. The molecule has 2 aromatic carbocycles. The molecule has 3 rings (SSSR count). The normalized spacial score (nSPS) is 13.9. The lowest BCUT2D eigenvalue weighted by atomic mass is 10.2. The quantitative estimate of drug-likeness (QED) is 0.487. The third-order valence-corrected chi connectivity index (χ3v) is 4.21. The molecule has 1 aliphatic heterocycles. The van der Waals surface area contributed by atoms with Gasteiger partial charge in [-0.05, 0) is 43.2 Å². The summed E-state index contributed by atoms with van der Waals surface area (Å²) in [6.45, 7) is 2.06. The van der Waals surface area contributed by atoms with E-state index in [1.165, 1.54) is 37.3 Å². The topological polar surface area (TPSA) is 108 Å². The maximum Gasteiger partial charge on any atom is 0.311 e. The Labute approximate surface area is 149 Å². The van der Waals surface area contributed by atoms with Gasteiger partial charge in [0, 0.05) is 36.0 Å². The SMILES string of the molecule is O=C(N/N=C\c1cccc([N+](=O)[O-])c1O)c1ccc(N2CCCC2)cc1. The van der Waals surface area contributed by atoms with E-state index in [2.05, 4.69) is 15.4 Å². The number of hydrogen-bond donors (Lipinski definition) is 2. The molecule has 0 aromatic heterocycles. The summed E-state index contributed by atoms with van der Waals surface area (Å²) in [5.74, 6) is -0.899. The molecule has 1 saturated heterocycles. The van der Waals surface area contributed by atoms with Gasteiger partial charge in [-0.2, -0.15) is 5.10 Å². The zero-order valence-corrected chi connectivity index (χ0v) is 14.0. The van der Waals surface area contributed by atoms with Gasteiger partial charge in [-0.1, -0.05) is 6.07 Å². The van der Waals surface area contributed by atoms with Crippen LogP contribution in [0.25, 0.3) is 0 Å². The van der Waals surface area contributed by atoms with E-state index in [0.717, 1.165) is 18.8 Å². The number of rotatable bonds is 5. The lowest BCUT2D eigenvalue weighted by Crippen LogP contribution is -2.19. The Balaban J connectivity index is 1.64. The summed E-state index contributed by atoms with van der Waals surface area (Å²) >= 11 is 0. The number of para-hydroxylation sites is 1. The summed E-state index contributed by atoms with van der Waals surface area (Å²) in [5.41, 5.74) is 3.61. The van der Waals surface area contributed by atoms with Crippen molar-refractivity contribution in [1.29, 1.82) is 0 Å². The van der Waals surface area contributed by atoms with Crippen LogP contribution in [0, 0.1) is 10.1 Å². The standard InChI is InChI=1S/C18H18N4O4/c23-17-14(4-3-5-16(17)22(25)26)12-19-20-18(24)13-6-8-15(9-7-13)21-10-1-2-11-21/h3-9,12,23H,1-2,10-11H2,(H,20,24)/b19-12-. The molecule has 0 spiro atoms. The Kier molecular flexibility index (Phi) is 5.12. The van der Waals surface area contributed by atoms with Gasteiger partial charge in [0.15, 0.2) is 0 Å². The lowest BCUT2D eigenvalue weighted by molar-refractivity contribution is -0.385. The molecule has 0 atom stereocenters. The molecule has 26 heavy (non-hydrogen) atoms. The number of hydrazone groups is 1. The minimum Gasteiger partial charge on any atom is -0.502 e. The molecular formula is C18H18N4O4. The van der Waals surface area contributed by atoms with Gasteiger partial charge in [0.25, 0.3) is 5.91 Å². The summed E-state index contributed by atoms with van der Waals surface area (Å²) < 4.78 is 0. The first-order valence-electron chi connectivity index (χ1n) is 8.21. The fourth-order valence-corrected chi connectivity index (χ4v) is 2.82. The van der Waals surface area contributed by atoms with E-state index >= 15 is 0 Å². The molecule has 1 fully saturated rings. The molecule has 0 unspecified atom stereocenters. The van der Waals surface area contributed by atoms with Crippen molar-refractivity contribution in [2.75, 3.05) is 18.0 Å². The van der Waals surface area contributed by atoms with Crippen molar-refractivity contribution in [3.8, 4) is 5.75 Å². The second-order valence-electron chi connectivity index (χ2n) is 5.91. The van der Waals surface area contributed by atoms with Gasteiger partial charge in [0.2, 0.25) is 5.75 Å². The number of carbonyl (C=O) groups excluding carboxylic acids is 1. The zero-order valence-electron chi connectivity index (χ0n) is 14.0. The minimum atomic E-state index is -0.687. The van der Waals surface area contributed by atoms with Crippen LogP contribution >= 0.6 is 0 Å². The number of benzene rings is 2. The van der Waals surface area contributed by atoms with Gasteiger partial charge in [0.05, 0.1) is 11.1 Å². The number of nitrogens with one attached hydrogen (secondary N) is 1. The van der Waals surface area contributed by atoms with E-state index < -0.39 is 22.3 Å². The number of anilines is 1. The van der Waals surface area contributed by atoms with Crippen LogP contribution in [-0.2, 0) is 0 Å². The summed E-state index contributed by atoms with van der Waals surface area (Å²) in [6, 6.07) is 11.3. The van der Waals surface area contributed by atoms with E-state index in [1.54, 1.807) is 12.1 Å². The van der Waals surface area contributed by atoms with Crippen LogP contribution in [0.4, 0.5) is 11.4 Å². The van der Waals surface area contributed by atoms with Crippen molar-refractivity contribution in [1.82, 2.24) is 5.43 Å². The highest BCUT2D eigenvalue weighted by Crippen LogP contribution is 2.27. The zero-order chi connectivity index (χ0) is 18.5. The summed E-state index contributed by atoms with van der Waals surface area (Å²) in [7, 11) is 0. The average Bonchev–Trinajstić information content (AvgIpc) is 3.17. The summed E-state index contributed by atoms with van der Waals surface area (Å²) in [6.07, 6.45) is 3.53. The van der Waals surface area contributed by atoms with E-state index in [0.29, 0.717) is 5.56 Å². The lowest BCUT2D eigenvalue weighted by Gasteiger charge is -2.17. The van der Waals surface area contributed by atoms with Crippen molar-refractivity contribution >= 4 is 23.5 Å². The molecule has 1 heterocycles. The molecule has 1 amide bonds. The predicted molar refractivity (Wildman–Crippen MR) is 97.7 cm³/mol. The highest BCUT2D eigenvalue weighted by atomic mass is 16.6. The molecule has 0 aliphatic carbocycles. The number of carbonyl (C=O) groups is 1. The molecule has 0 saturated carbocycles. The maximum atomic E-state index is 12.1. The highest BCUT2D eigenvalue weighted by Gasteiger charge is 2.15. The fraction of sp³-hybridized carbons (Fsp3) is 0.222. The Hall–Kier alpha value is -3.42. The van der Waals surface area contributed by atoms with Crippen LogP contribution < -0.4 is 10.3 Å². The van der Waals surface area contributed by atoms with Crippen LogP contribution in [0.5, 0.6) is 5.75 Å². The molecule has 2 aromatic rings. The molecule has 0 bridgehead atoms. The minimum absolute atomic E-state index is 0.142. The molecule has 8 nitrogen and oxygen atoms in total. The Bertz CT molecular complexity index is 843. The fourth-order valence-electron chi connectivity index (χ4n) is 2.82. The van der Waals surface area contributed by atoms with Gasteiger partial charge in [-0.15, -0.1) is 0 Å². The number of hydrogen-bond acceptors (Lipinski definition) is 6. The van der Waals surface area contributed by atoms with Gasteiger partial charge in [-0.3, -0.25) is 14.9 Å². The van der Waals surface area contributed by atoms with E-state index in [-0.39, 0.29) is 5.56 Å². The van der Waals surface area contributed by atoms with E-state index in [1.807, 2.05) is 12.1 Å². The molecule has 1 aliphatic rings. The molecule has 2 N–H and O–H groups in total. The summed E-state index contributed by atoms with van der Waals surface area (Å²) in [5, 5.41) is 24.4. The number of phenols is 1. The smallest absolute Gasteiger partial charge is 0.311 e. The number of phenolic OH excluding ortho intramolecular Hbond substituents is 1. The number of amides is 1. The first-order chi connectivity index (χ1) is 12.6. The monoisotopic (exact) mass is 354 g/mol. The largest absolute Gasteiger partial charge is 0.502 e. The van der Waals surface area contributed by atoms with Gasteiger partial charge in [0.1, 0.15) is 0 Å². The van der Waals surface area contributed by atoms with Crippen molar-refractivity contribution in [2.24, 2.45) is 5.10 Å². The van der Waals surface area contributed by atoms with Crippen molar-refractivity contribution < 1.29 is 14.8 Å². The van der Waals surface area contributed by atoms with Gasteiger partial charge in [-0.25, -0.2) is 5.43 Å². The number of nitro benzene ring substituents is 1. The van der Waals surface area contributed by atoms with Gasteiger partial charge >= 0.3 is 5.69 Å². The first kappa shape index (κ1) is 17.4. The third kappa shape index (κ3) is 3.80. The Morgan fingerprint density at radius 1 is 1.19 bits per heavy atom. The number of aromatic hydroxyl groups is 1. The second-order valence-corrected chi connectivity index (χ2v) is 5.91. The van der Waals surface area contributed by atoms with Crippen LogP contribution in [-0.4, -0.2) is 35.2 Å². The van der Waals surface area contributed by atoms with Crippen LogP contribution in [0.2, 0.25) is 0 Å². The molecule has 8 heteroatoms. The van der Waals surface area contributed by atoms with Crippen molar-refractivity contribution in [2.45, 2.75) is 12.8 Å². The van der Waals surface area contributed by atoms with Crippen LogP contribution in [0.15, 0.2) is 47.6 Å². The first-order valence-corrected chi connectivity index (χ1v) is 8.21.